The number of ether oxygens (including phenoxy) is 9. The summed E-state index contributed by atoms with van der Waals surface area (Å²) in [6.45, 7) is 3.70. The van der Waals surface area contributed by atoms with Gasteiger partial charge >= 0.3 is 0 Å². The standard InChI is InChI=1S/C23H40O9/c1-24-12-18(13-25-2)14-31-16-19(15-26-3)32-11-10-30-17-22(28-5)20-8-7-9-21(27-4)23(20)29-6/h7-9,18-19,22H,10-17H2,1-6H3. The summed E-state index contributed by atoms with van der Waals surface area (Å²) in [5, 5.41) is 0. The van der Waals surface area contributed by atoms with Crippen molar-refractivity contribution in [1.82, 2.24) is 0 Å². The lowest BCUT2D eigenvalue weighted by atomic mass is 10.1. The molecule has 0 aromatic heterocycles. The largest absolute Gasteiger partial charge is 0.493 e. The van der Waals surface area contributed by atoms with E-state index in [1.165, 1.54) is 0 Å². The molecule has 0 heterocycles. The average molecular weight is 461 g/mol. The van der Waals surface area contributed by atoms with Gasteiger partial charge in [0.25, 0.3) is 0 Å². The molecule has 9 nitrogen and oxygen atoms in total. The van der Waals surface area contributed by atoms with Crippen LogP contribution < -0.4 is 9.47 Å². The molecule has 9 heteroatoms. The van der Waals surface area contributed by atoms with Gasteiger partial charge in [-0.15, -0.1) is 0 Å². The summed E-state index contributed by atoms with van der Waals surface area (Å²) in [5.41, 5.74) is 0.864. The second-order valence-corrected chi connectivity index (χ2v) is 7.14. The first-order valence-corrected chi connectivity index (χ1v) is 10.6. The predicted octanol–water partition coefficient (Wildman–Crippen LogP) is 2.37. The molecule has 1 aromatic rings. The normalized spacial score (nSPS) is 13.3. The molecule has 2 atom stereocenters. The Labute approximate surface area is 192 Å². The van der Waals surface area contributed by atoms with Crippen molar-refractivity contribution in [2.75, 3.05) is 95.5 Å². The lowest BCUT2D eigenvalue weighted by molar-refractivity contribution is -0.0821. The van der Waals surface area contributed by atoms with Crippen LogP contribution in [0.15, 0.2) is 18.2 Å². The second kappa shape index (κ2) is 18.0. The third-order valence-corrected chi connectivity index (χ3v) is 4.73. The van der Waals surface area contributed by atoms with Gasteiger partial charge in [0.1, 0.15) is 12.2 Å². The molecular weight excluding hydrogens is 420 g/mol. The van der Waals surface area contributed by atoms with Crippen LogP contribution >= 0.6 is 0 Å². The van der Waals surface area contributed by atoms with Crippen LogP contribution in [0.4, 0.5) is 0 Å². The van der Waals surface area contributed by atoms with Crippen LogP contribution in [-0.2, 0) is 33.2 Å². The lowest BCUT2D eigenvalue weighted by Gasteiger charge is -2.21. The van der Waals surface area contributed by atoms with E-state index in [1.54, 1.807) is 42.7 Å². The molecule has 1 rings (SSSR count). The molecule has 0 spiro atoms. The number of para-hydroxylation sites is 1. The van der Waals surface area contributed by atoms with Crippen molar-refractivity contribution < 1.29 is 42.6 Å². The van der Waals surface area contributed by atoms with Crippen molar-refractivity contribution in [2.45, 2.75) is 12.2 Å². The third kappa shape index (κ3) is 10.4. The Kier molecular flexibility index (Phi) is 16.1. The lowest BCUT2D eigenvalue weighted by Crippen LogP contribution is -2.29. The van der Waals surface area contributed by atoms with Gasteiger partial charge in [-0.3, -0.25) is 0 Å². The van der Waals surface area contributed by atoms with Gasteiger partial charge in [0.05, 0.1) is 67.1 Å². The van der Waals surface area contributed by atoms with Gasteiger partial charge in [0.2, 0.25) is 0 Å². The Hall–Kier alpha value is -1.46. The molecule has 0 saturated carbocycles. The molecule has 0 fully saturated rings. The van der Waals surface area contributed by atoms with Crippen LogP contribution in [0, 0.1) is 5.92 Å². The van der Waals surface area contributed by atoms with Gasteiger partial charge in [0.15, 0.2) is 11.5 Å². The summed E-state index contributed by atoms with van der Waals surface area (Å²) in [4.78, 5) is 0. The quantitative estimate of drug-likeness (QED) is 0.272. The Morgan fingerprint density at radius 3 is 2.00 bits per heavy atom. The van der Waals surface area contributed by atoms with Crippen LogP contribution in [0.1, 0.15) is 11.7 Å². The minimum Gasteiger partial charge on any atom is -0.493 e. The molecule has 32 heavy (non-hydrogen) atoms. The van der Waals surface area contributed by atoms with Gasteiger partial charge in [-0.2, -0.15) is 0 Å². The van der Waals surface area contributed by atoms with Gasteiger partial charge in [-0.25, -0.2) is 0 Å². The summed E-state index contributed by atoms with van der Waals surface area (Å²) in [5.74, 6) is 1.46. The second-order valence-electron chi connectivity index (χ2n) is 7.14. The van der Waals surface area contributed by atoms with Crippen molar-refractivity contribution >= 4 is 0 Å². The Morgan fingerprint density at radius 1 is 0.688 bits per heavy atom. The molecule has 0 bridgehead atoms. The van der Waals surface area contributed by atoms with E-state index >= 15 is 0 Å². The molecule has 0 saturated heterocycles. The zero-order valence-electron chi connectivity index (χ0n) is 20.3. The monoisotopic (exact) mass is 460 g/mol. The van der Waals surface area contributed by atoms with E-state index in [1.807, 2.05) is 18.2 Å². The third-order valence-electron chi connectivity index (χ3n) is 4.73. The smallest absolute Gasteiger partial charge is 0.166 e. The molecule has 0 aliphatic carbocycles. The molecule has 0 radical (unpaired) electrons. The Balaban J connectivity index is 2.42. The van der Waals surface area contributed by atoms with Gasteiger partial charge in [0, 0.05) is 39.9 Å². The van der Waals surface area contributed by atoms with E-state index in [9.17, 15) is 0 Å². The number of hydrogen-bond donors (Lipinski definition) is 0. The van der Waals surface area contributed by atoms with E-state index < -0.39 is 0 Å². The number of benzene rings is 1. The maximum Gasteiger partial charge on any atom is 0.166 e. The van der Waals surface area contributed by atoms with E-state index in [0.29, 0.717) is 64.4 Å². The zero-order chi connectivity index (χ0) is 23.6. The minimum absolute atomic E-state index is 0.177. The van der Waals surface area contributed by atoms with Crippen LogP contribution in [0.2, 0.25) is 0 Å². The molecule has 0 aliphatic rings. The molecular formula is C23H40O9. The first-order valence-electron chi connectivity index (χ1n) is 10.6. The minimum atomic E-state index is -0.295. The van der Waals surface area contributed by atoms with Gasteiger partial charge in [-0.1, -0.05) is 12.1 Å². The van der Waals surface area contributed by atoms with Crippen LogP contribution in [0.5, 0.6) is 11.5 Å². The van der Waals surface area contributed by atoms with E-state index in [2.05, 4.69) is 0 Å². The highest BCUT2D eigenvalue weighted by Crippen LogP contribution is 2.35. The fraction of sp³-hybridized carbons (Fsp3) is 0.739. The first-order chi connectivity index (χ1) is 15.6. The molecule has 1 aromatic carbocycles. The summed E-state index contributed by atoms with van der Waals surface area (Å²) < 4.78 is 49.5. The van der Waals surface area contributed by atoms with E-state index in [4.69, 9.17) is 42.6 Å². The molecule has 186 valence electrons. The molecule has 2 unspecified atom stereocenters. The zero-order valence-corrected chi connectivity index (χ0v) is 20.3. The SMILES string of the molecule is COCC(COC)COCC(COC)OCCOCC(OC)c1cccc(OC)c1OC. The Morgan fingerprint density at radius 2 is 1.41 bits per heavy atom. The van der Waals surface area contributed by atoms with Crippen molar-refractivity contribution in [1.29, 1.82) is 0 Å². The number of methoxy groups -OCH3 is 6. The maximum absolute atomic E-state index is 5.86. The van der Waals surface area contributed by atoms with Crippen LogP contribution in [0.25, 0.3) is 0 Å². The average Bonchev–Trinajstić information content (AvgIpc) is 2.81. The van der Waals surface area contributed by atoms with E-state index in [0.717, 1.165) is 5.56 Å². The van der Waals surface area contributed by atoms with Crippen molar-refractivity contribution in [2.24, 2.45) is 5.92 Å². The van der Waals surface area contributed by atoms with Crippen molar-refractivity contribution in [3.05, 3.63) is 23.8 Å². The highest BCUT2D eigenvalue weighted by atomic mass is 16.6. The van der Waals surface area contributed by atoms with Crippen LogP contribution in [-0.4, -0.2) is 102 Å². The van der Waals surface area contributed by atoms with Crippen molar-refractivity contribution in [3.8, 4) is 11.5 Å². The Bertz CT molecular complexity index is 579. The summed E-state index contributed by atoms with van der Waals surface area (Å²) in [6.07, 6.45) is -0.484. The number of hydrogen-bond acceptors (Lipinski definition) is 9. The van der Waals surface area contributed by atoms with Crippen molar-refractivity contribution in [3.63, 3.8) is 0 Å². The fourth-order valence-corrected chi connectivity index (χ4v) is 3.23. The molecule has 0 N–H and O–H groups in total. The fourth-order valence-electron chi connectivity index (χ4n) is 3.23. The van der Waals surface area contributed by atoms with E-state index in [-0.39, 0.29) is 18.1 Å². The summed E-state index contributed by atoms with van der Waals surface area (Å²) in [7, 11) is 9.81. The molecule has 0 aliphatic heterocycles. The van der Waals surface area contributed by atoms with Crippen LogP contribution in [0.3, 0.4) is 0 Å². The summed E-state index contributed by atoms with van der Waals surface area (Å²) in [6, 6.07) is 5.67. The molecule has 0 amide bonds. The highest BCUT2D eigenvalue weighted by Gasteiger charge is 2.19. The highest BCUT2D eigenvalue weighted by molar-refractivity contribution is 5.47. The van der Waals surface area contributed by atoms with Gasteiger partial charge in [-0.05, 0) is 6.07 Å². The van der Waals surface area contributed by atoms with Gasteiger partial charge < -0.3 is 42.6 Å². The summed E-state index contributed by atoms with van der Waals surface area (Å²) >= 11 is 0. The topological polar surface area (TPSA) is 83.1 Å². The number of rotatable bonds is 20. The predicted molar refractivity (Wildman–Crippen MR) is 120 cm³/mol. The first kappa shape index (κ1) is 28.6. The maximum atomic E-state index is 5.86.